The molecule has 0 spiro atoms. The third kappa shape index (κ3) is 3.33. The predicted octanol–water partition coefficient (Wildman–Crippen LogP) is 2.85. The van der Waals surface area contributed by atoms with E-state index in [1.54, 1.807) is 0 Å². The van der Waals surface area contributed by atoms with Gasteiger partial charge < -0.3 is 4.74 Å². The fourth-order valence-corrected chi connectivity index (χ4v) is 2.22. The molecule has 1 aromatic rings. The van der Waals surface area contributed by atoms with Crippen LogP contribution in [0.1, 0.15) is 42.1 Å². The van der Waals surface area contributed by atoms with Crippen LogP contribution in [-0.2, 0) is 11.3 Å². The highest BCUT2D eigenvalue weighted by atomic mass is 16.5. The number of methoxy groups -OCH3 is 1. The quantitative estimate of drug-likeness (QED) is 0.724. The van der Waals surface area contributed by atoms with E-state index >= 15 is 0 Å². The number of esters is 1. The molecule has 0 saturated heterocycles. The van der Waals surface area contributed by atoms with E-state index in [-0.39, 0.29) is 5.97 Å². The molecule has 3 heteroatoms. The molecule has 0 amide bonds. The Morgan fingerprint density at radius 2 is 2.00 bits per heavy atom. The molecule has 0 radical (unpaired) electrons. The van der Waals surface area contributed by atoms with Crippen molar-refractivity contribution < 1.29 is 9.53 Å². The van der Waals surface area contributed by atoms with Crippen molar-refractivity contribution in [1.29, 1.82) is 0 Å². The molecule has 2 rings (SSSR count). The molecular weight excluding hydrogens is 226 g/mol. The first kappa shape index (κ1) is 13.1. The lowest BCUT2D eigenvalue weighted by Crippen LogP contribution is -2.26. The summed E-state index contributed by atoms with van der Waals surface area (Å²) in [7, 11) is 1.41. The second-order valence-electron chi connectivity index (χ2n) is 4.89. The van der Waals surface area contributed by atoms with E-state index in [2.05, 4.69) is 11.8 Å². The minimum atomic E-state index is -0.269. The van der Waals surface area contributed by atoms with Crippen molar-refractivity contribution in [3.8, 4) is 0 Å². The van der Waals surface area contributed by atoms with Crippen LogP contribution in [0.25, 0.3) is 0 Å². The molecule has 1 aliphatic rings. The fourth-order valence-electron chi connectivity index (χ4n) is 2.22. The smallest absolute Gasteiger partial charge is 0.337 e. The van der Waals surface area contributed by atoms with Crippen LogP contribution in [0.5, 0.6) is 0 Å². The molecule has 0 heterocycles. The third-order valence-electron chi connectivity index (χ3n) is 3.33. The average Bonchev–Trinajstić information content (AvgIpc) is 3.22. The highest BCUT2D eigenvalue weighted by Crippen LogP contribution is 2.28. The zero-order valence-electron chi connectivity index (χ0n) is 11.2. The van der Waals surface area contributed by atoms with Gasteiger partial charge in [-0.05, 0) is 43.5 Å². The number of hydrogen-bond acceptors (Lipinski definition) is 3. The van der Waals surface area contributed by atoms with Gasteiger partial charge in [-0.15, -0.1) is 0 Å². The second-order valence-corrected chi connectivity index (χ2v) is 4.89. The van der Waals surface area contributed by atoms with E-state index in [0.29, 0.717) is 5.56 Å². The monoisotopic (exact) mass is 247 g/mol. The van der Waals surface area contributed by atoms with E-state index in [1.807, 2.05) is 24.3 Å². The van der Waals surface area contributed by atoms with Crippen molar-refractivity contribution >= 4 is 5.97 Å². The van der Waals surface area contributed by atoms with Crippen LogP contribution >= 0.6 is 0 Å². The Bertz CT molecular complexity index is 395. The standard InChI is InChI=1S/C15H21NO2/c1-3-10-16(14-8-9-14)11-12-4-6-13(7-5-12)15(17)18-2/h4-7,14H,3,8-11H2,1-2H3. The number of hydrogen-bond donors (Lipinski definition) is 0. The van der Waals surface area contributed by atoms with Gasteiger partial charge in [0.05, 0.1) is 12.7 Å². The van der Waals surface area contributed by atoms with Gasteiger partial charge in [0.25, 0.3) is 0 Å². The molecule has 0 atom stereocenters. The Morgan fingerprint density at radius 3 is 2.50 bits per heavy atom. The van der Waals surface area contributed by atoms with Crippen molar-refractivity contribution in [2.24, 2.45) is 0 Å². The summed E-state index contributed by atoms with van der Waals surface area (Å²) in [4.78, 5) is 13.9. The topological polar surface area (TPSA) is 29.5 Å². The maximum atomic E-state index is 11.3. The molecule has 1 aromatic carbocycles. The van der Waals surface area contributed by atoms with Gasteiger partial charge in [-0.3, -0.25) is 4.90 Å². The van der Waals surface area contributed by atoms with Crippen LogP contribution in [0.4, 0.5) is 0 Å². The Labute approximate surface area is 109 Å². The minimum absolute atomic E-state index is 0.269. The van der Waals surface area contributed by atoms with Gasteiger partial charge in [0.1, 0.15) is 0 Å². The predicted molar refractivity (Wildman–Crippen MR) is 71.5 cm³/mol. The van der Waals surface area contributed by atoms with Crippen molar-refractivity contribution in [2.75, 3.05) is 13.7 Å². The Kier molecular flexibility index (Phi) is 4.37. The third-order valence-corrected chi connectivity index (χ3v) is 3.33. The lowest BCUT2D eigenvalue weighted by Gasteiger charge is -2.21. The fraction of sp³-hybridized carbons (Fsp3) is 0.533. The first-order chi connectivity index (χ1) is 8.74. The molecule has 18 heavy (non-hydrogen) atoms. The molecule has 1 fully saturated rings. The zero-order valence-corrected chi connectivity index (χ0v) is 11.2. The first-order valence-corrected chi connectivity index (χ1v) is 6.66. The summed E-state index contributed by atoms with van der Waals surface area (Å²) in [6.45, 7) is 4.36. The number of nitrogens with zero attached hydrogens (tertiary/aromatic N) is 1. The lowest BCUT2D eigenvalue weighted by molar-refractivity contribution is 0.0600. The van der Waals surface area contributed by atoms with Crippen LogP contribution in [0.15, 0.2) is 24.3 Å². The van der Waals surface area contributed by atoms with E-state index in [4.69, 9.17) is 4.74 Å². The SMILES string of the molecule is CCCN(Cc1ccc(C(=O)OC)cc1)C1CC1. The van der Waals surface area contributed by atoms with E-state index in [9.17, 15) is 4.79 Å². The highest BCUT2D eigenvalue weighted by Gasteiger charge is 2.28. The van der Waals surface area contributed by atoms with Crippen molar-refractivity contribution in [3.05, 3.63) is 35.4 Å². The van der Waals surface area contributed by atoms with Gasteiger partial charge >= 0.3 is 5.97 Å². The Morgan fingerprint density at radius 1 is 1.33 bits per heavy atom. The molecule has 0 bridgehead atoms. The molecule has 3 nitrogen and oxygen atoms in total. The summed E-state index contributed by atoms with van der Waals surface area (Å²) in [5, 5.41) is 0. The molecule has 0 aliphatic heterocycles. The molecule has 98 valence electrons. The molecule has 0 N–H and O–H groups in total. The molecule has 1 saturated carbocycles. The van der Waals surface area contributed by atoms with E-state index < -0.39 is 0 Å². The van der Waals surface area contributed by atoms with Gasteiger partial charge in [-0.25, -0.2) is 4.79 Å². The largest absolute Gasteiger partial charge is 0.465 e. The molecule has 0 unspecified atom stereocenters. The van der Waals surface area contributed by atoms with Gasteiger partial charge in [0.2, 0.25) is 0 Å². The van der Waals surface area contributed by atoms with Crippen molar-refractivity contribution in [1.82, 2.24) is 4.90 Å². The minimum Gasteiger partial charge on any atom is -0.465 e. The van der Waals surface area contributed by atoms with Crippen LogP contribution in [0, 0.1) is 0 Å². The van der Waals surface area contributed by atoms with Gasteiger partial charge in [-0.2, -0.15) is 0 Å². The van der Waals surface area contributed by atoms with Gasteiger partial charge in [0.15, 0.2) is 0 Å². The maximum Gasteiger partial charge on any atom is 0.337 e. The van der Waals surface area contributed by atoms with E-state index in [1.165, 1.54) is 31.9 Å². The van der Waals surface area contributed by atoms with Crippen molar-refractivity contribution in [2.45, 2.75) is 38.8 Å². The highest BCUT2D eigenvalue weighted by molar-refractivity contribution is 5.89. The number of rotatable bonds is 6. The molecular formula is C15H21NO2. The summed E-state index contributed by atoms with van der Waals surface area (Å²) >= 11 is 0. The normalized spacial score (nSPS) is 14.8. The number of benzene rings is 1. The number of carbonyl (C=O) groups is 1. The first-order valence-electron chi connectivity index (χ1n) is 6.66. The zero-order chi connectivity index (χ0) is 13.0. The van der Waals surface area contributed by atoms with Gasteiger partial charge in [-0.1, -0.05) is 19.1 Å². The summed E-state index contributed by atoms with van der Waals surface area (Å²) in [5.74, 6) is -0.269. The Balaban J connectivity index is 1.98. The van der Waals surface area contributed by atoms with Crippen LogP contribution in [0.2, 0.25) is 0 Å². The number of carbonyl (C=O) groups excluding carboxylic acids is 1. The van der Waals surface area contributed by atoms with Crippen LogP contribution < -0.4 is 0 Å². The Hall–Kier alpha value is -1.35. The van der Waals surface area contributed by atoms with E-state index in [0.717, 1.165) is 19.1 Å². The molecule has 0 aromatic heterocycles. The summed E-state index contributed by atoms with van der Waals surface area (Å²) < 4.78 is 4.69. The summed E-state index contributed by atoms with van der Waals surface area (Å²) in [5.41, 5.74) is 1.89. The van der Waals surface area contributed by atoms with Crippen LogP contribution in [0.3, 0.4) is 0 Å². The van der Waals surface area contributed by atoms with Crippen molar-refractivity contribution in [3.63, 3.8) is 0 Å². The van der Waals surface area contributed by atoms with Crippen LogP contribution in [-0.4, -0.2) is 30.6 Å². The van der Waals surface area contributed by atoms with Gasteiger partial charge in [0, 0.05) is 12.6 Å². The molecule has 1 aliphatic carbocycles. The second kappa shape index (κ2) is 6.01. The number of ether oxygens (including phenoxy) is 1. The lowest BCUT2D eigenvalue weighted by atomic mass is 10.1. The summed E-state index contributed by atoms with van der Waals surface area (Å²) in [6.07, 6.45) is 3.86. The maximum absolute atomic E-state index is 11.3. The summed E-state index contributed by atoms with van der Waals surface area (Å²) in [6, 6.07) is 8.52. The average molecular weight is 247 g/mol.